The van der Waals surface area contributed by atoms with E-state index in [-0.39, 0.29) is 0 Å². The zero-order valence-corrected chi connectivity index (χ0v) is 13.9. The standard InChI is InChI=1S/C6H12O5.3C3H4O2/c7-2-6(3-8,4-9)1-5(10)11;3*1-2-3(4)5/h7-9H,1-4H2,(H,10,11);3*2H,1H2,(H,4,5). The van der Waals surface area contributed by atoms with Crippen LogP contribution in [-0.2, 0) is 19.2 Å². The van der Waals surface area contributed by atoms with Gasteiger partial charge < -0.3 is 35.7 Å². The average molecular weight is 380 g/mol. The average Bonchev–Trinajstić information content (AvgIpc) is 2.60. The molecule has 0 aliphatic carbocycles. The smallest absolute Gasteiger partial charge is 0.327 e. The number of aliphatic hydroxyl groups is 3. The molecule has 0 radical (unpaired) electrons. The number of aliphatic hydroxyl groups excluding tert-OH is 3. The van der Waals surface area contributed by atoms with Crippen LogP contribution in [0.1, 0.15) is 6.42 Å². The molecule has 0 heterocycles. The number of carbonyl (C=O) groups is 4. The van der Waals surface area contributed by atoms with Gasteiger partial charge in [0.1, 0.15) is 0 Å². The molecule has 0 amide bonds. The van der Waals surface area contributed by atoms with Crippen molar-refractivity contribution in [1.29, 1.82) is 0 Å². The van der Waals surface area contributed by atoms with E-state index >= 15 is 0 Å². The third-order valence-electron chi connectivity index (χ3n) is 2.06. The second-order valence-electron chi connectivity index (χ2n) is 4.17. The fraction of sp³-hybridized carbons (Fsp3) is 0.333. The van der Waals surface area contributed by atoms with Crippen LogP contribution in [0, 0.1) is 5.41 Å². The van der Waals surface area contributed by atoms with Crippen molar-refractivity contribution in [3.05, 3.63) is 38.0 Å². The van der Waals surface area contributed by atoms with E-state index in [2.05, 4.69) is 19.7 Å². The van der Waals surface area contributed by atoms with Gasteiger partial charge in [-0.25, -0.2) is 14.4 Å². The van der Waals surface area contributed by atoms with E-state index in [4.69, 9.17) is 35.7 Å². The zero-order valence-electron chi connectivity index (χ0n) is 13.9. The summed E-state index contributed by atoms with van der Waals surface area (Å²) in [5.41, 5.74) is -1.29. The molecule has 0 bridgehead atoms. The number of carboxylic acid groups (broad SMARTS) is 4. The Labute approximate surface area is 149 Å². The summed E-state index contributed by atoms with van der Waals surface area (Å²) in [6, 6.07) is 0. The SMILES string of the molecule is C=CC(=O)O.C=CC(=O)O.C=CC(=O)O.O=C(O)CC(CO)(CO)CO. The van der Waals surface area contributed by atoms with Gasteiger partial charge in [-0.2, -0.15) is 0 Å². The van der Waals surface area contributed by atoms with Crippen molar-refractivity contribution in [1.82, 2.24) is 0 Å². The summed E-state index contributed by atoms with van der Waals surface area (Å²) < 4.78 is 0. The highest BCUT2D eigenvalue weighted by atomic mass is 16.4. The summed E-state index contributed by atoms with van der Waals surface area (Å²) in [5.74, 6) is -4.10. The molecule has 0 aliphatic rings. The fourth-order valence-corrected chi connectivity index (χ4v) is 0.639. The molecule has 0 rings (SSSR count). The molecule has 0 unspecified atom stereocenters. The molecule has 7 N–H and O–H groups in total. The van der Waals surface area contributed by atoms with Crippen molar-refractivity contribution in [2.45, 2.75) is 6.42 Å². The minimum Gasteiger partial charge on any atom is -0.481 e. The molecule has 11 heteroatoms. The van der Waals surface area contributed by atoms with Crippen LogP contribution >= 0.6 is 0 Å². The molecule has 0 aromatic carbocycles. The van der Waals surface area contributed by atoms with Gasteiger partial charge >= 0.3 is 23.9 Å². The van der Waals surface area contributed by atoms with Gasteiger partial charge in [0, 0.05) is 18.2 Å². The van der Waals surface area contributed by atoms with Crippen LogP contribution in [0.15, 0.2) is 38.0 Å². The van der Waals surface area contributed by atoms with Crippen LogP contribution in [0.4, 0.5) is 0 Å². The van der Waals surface area contributed by atoms with Gasteiger partial charge in [-0.1, -0.05) is 19.7 Å². The quantitative estimate of drug-likeness (QED) is 0.259. The topological polar surface area (TPSA) is 210 Å². The van der Waals surface area contributed by atoms with Gasteiger partial charge in [-0.05, 0) is 0 Å². The van der Waals surface area contributed by atoms with Gasteiger partial charge in [0.05, 0.1) is 31.7 Å². The van der Waals surface area contributed by atoms with E-state index in [0.717, 1.165) is 18.2 Å². The highest BCUT2D eigenvalue weighted by Gasteiger charge is 2.30. The molecule has 0 aliphatic heterocycles. The second kappa shape index (κ2) is 20.0. The van der Waals surface area contributed by atoms with Crippen molar-refractivity contribution in [3.63, 3.8) is 0 Å². The third kappa shape index (κ3) is 29.0. The first-order chi connectivity index (χ1) is 11.9. The largest absolute Gasteiger partial charge is 0.481 e. The maximum absolute atomic E-state index is 10.2. The van der Waals surface area contributed by atoms with Crippen LogP contribution in [0.25, 0.3) is 0 Å². The monoisotopic (exact) mass is 380 g/mol. The van der Waals surface area contributed by atoms with Gasteiger partial charge in [0.15, 0.2) is 0 Å². The summed E-state index contributed by atoms with van der Waals surface area (Å²) in [7, 11) is 0. The molecule has 0 saturated carbocycles. The summed E-state index contributed by atoms with van der Waals surface area (Å²) >= 11 is 0. The van der Waals surface area contributed by atoms with E-state index in [9.17, 15) is 19.2 Å². The Morgan fingerprint density at radius 3 is 0.885 bits per heavy atom. The molecule has 0 aromatic heterocycles. The molecule has 0 spiro atoms. The molecule has 0 atom stereocenters. The predicted molar refractivity (Wildman–Crippen MR) is 89.4 cm³/mol. The van der Waals surface area contributed by atoms with Crippen molar-refractivity contribution >= 4 is 23.9 Å². The maximum atomic E-state index is 10.2. The summed E-state index contributed by atoms with van der Waals surface area (Å²) in [4.78, 5) is 37.9. The Hall–Kier alpha value is -3.02. The Bertz CT molecular complexity index is 413. The van der Waals surface area contributed by atoms with E-state index in [1.807, 2.05) is 0 Å². The summed E-state index contributed by atoms with van der Waals surface area (Å²) in [6.45, 7) is 7.28. The Morgan fingerprint density at radius 2 is 0.846 bits per heavy atom. The highest BCUT2D eigenvalue weighted by Crippen LogP contribution is 2.19. The van der Waals surface area contributed by atoms with Gasteiger partial charge in [0.2, 0.25) is 0 Å². The van der Waals surface area contributed by atoms with Gasteiger partial charge in [-0.3, -0.25) is 4.79 Å². The van der Waals surface area contributed by atoms with Crippen LogP contribution in [0.2, 0.25) is 0 Å². The lowest BCUT2D eigenvalue weighted by Gasteiger charge is -2.24. The van der Waals surface area contributed by atoms with Gasteiger partial charge in [0.25, 0.3) is 0 Å². The van der Waals surface area contributed by atoms with Crippen LogP contribution in [-0.4, -0.2) is 79.4 Å². The first-order valence-corrected chi connectivity index (χ1v) is 6.52. The van der Waals surface area contributed by atoms with Crippen molar-refractivity contribution in [3.8, 4) is 0 Å². The van der Waals surface area contributed by atoms with Crippen LogP contribution in [0.3, 0.4) is 0 Å². The van der Waals surface area contributed by atoms with E-state index in [1.54, 1.807) is 0 Å². The van der Waals surface area contributed by atoms with E-state index in [1.165, 1.54) is 0 Å². The molecule has 0 aromatic rings. The first-order valence-electron chi connectivity index (χ1n) is 6.52. The lowest BCUT2D eigenvalue weighted by atomic mass is 9.87. The van der Waals surface area contributed by atoms with E-state index < -0.39 is 55.5 Å². The van der Waals surface area contributed by atoms with E-state index in [0.29, 0.717) is 0 Å². The minimum atomic E-state index is -1.29. The van der Waals surface area contributed by atoms with Crippen molar-refractivity contribution < 1.29 is 54.9 Å². The molecule has 150 valence electrons. The van der Waals surface area contributed by atoms with Crippen molar-refractivity contribution in [2.75, 3.05) is 19.8 Å². The third-order valence-corrected chi connectivity index (χ3v) is 2.06. The normalized spacial score (nSPS) is 8.58. The highest BCUT2D eigenvalue weighted by molar-refractivity contribution is 5.79. The molecule has 26 heavy (non-hydrogen) atoms. The summed E-state index contributed by atoms with van der Waals surface area (Å²) in [6.07, 6.45) is 2.07. The predicted octanol–water partition coefficient (Wildman–Crippen LogP) is -0.805. The second-order valence-corrected chi connectivity index (χ2v) is 4.17. The zero-order chi connectivity index (χ0) is 21.8. The Balaban J connectivity index is -0.000000136. The molecular formula is C15H24O11. The molecule has 0 saturated heterocycles. The van der Waals surface area contributed by atoms with Gasteiger partial charge in [-0.15, -0.1) is 0 Å². The number of rotatable bonds is 8. The lowest BCUT2D eigenvalue weighted by molar-refractivity contribution is -0.143. The number of carboxylic acids is 4. The first kappa shape index (κ1) is 30.8. The minimum absolute atomic E-state index is 0.434. The number of aliphatic carboxylic acids is 4. The van der Waals surface area contributed by atoms with Crippen molar-refractivity contribution in [2.24, 2.45) is 5.41 Å². The Kier molecular flexibility index (Phi) is 23.7. The van der Waals surface area contributed by atoms with Crippen LogP contribution < -0.4 is 0 Å². The lowest BCUT2D eigenvalue weighted by Crippen LogP contribution is -2.36. The summed E-state index contributed by atoms with van der Waals surface area (Å²) in [5, 5.41) is 57.0. The molecular weight excluding hydrogens is 356 g/mol. The maximum Gasteiger partial charge on any atom is 0.327 e. The molecule has 11 nitrogen and oxygen atoms in total. The van der Waals surface area contributed by atoms with Crippen LogP contribution in [0.5, 0.6) is 0 Å². The number of hydrogen-bond donors (Lipinski definition) is 7. The molecule has 0 fully saturated rings. The Morgan fingerprint density at radius 1 is 0.654 bits per heavy atom. The fourth-order valence-electron chi connectivity index (χ4n) is 0.639. The number of hydrogen-bond acceptors (Lipinski definition) is 7.